The van der Waals surface area contributed by atoms with Crippen molar-refractivity contribution in [3.05, 3.63) is 89.3 Å². The van der Waals surface area contributed by atoms with Crippen LogP contribution in [0.15, 0.2) is 66.3 Å². The summed E-state index contributed by atoms with van der Waals surface area (Å²) in [5.74, 6) is -5.47. The number of benzene rings is 2. The molecule has 5 nitrogen and oxygen atoms in total. The van der Waals surface area contributed by atoms with E-state index in [9.17, 15) is 18.0 Å². The average molecular weight is 426 g/mol. The molecule has 0 aliphatic rings. The zero-order chi connectivity index (χ0) is 21.1. The maximum atomic E-state index is 13.8. The molecule has 0 radical (unpaired) electrons. The molecule has 0 aliphatic heterocycles. The minimum Gasteiger partial charge on any atom is -0.331 e. The number of hydrogen-bond donors (Lipinski definition) is 2. The molecule has 9 heteroatoms. The van der Waals surface area contributed by atoms with Crippen molar-refractivity contribution in [1.29, 1.82) is 0 Å². The van der Waals surface area contributed by atoms with Gasteiger partial charge in [-0.05, 0) is 42.5 Å². The molecule has 30 heavy (non-hydrogen) atoms. The molecule has 4 aromatic rings. The summed E-state index contributed by atoms with van der Waals surface area (Å²) >= 11 is 1.40. The molecule has 0 saturated heterocycles. The fraction of sp³-hybridized carbons (Fsp3) is 0. The Bertz CT molecular complexity index is 1210. The number of thiazole rings is 1. The molecule has 0 saturated carbocycles. The van der Waals surface area contributed by atoms with Gasteiger partial charge in [-0.3, -0.25) is 9.78 Å². The average Bonchev–Trinajstić information content (AvgIpc) is 3.21. The topological polar surface area (TPSA) is 66.9 Å². The van der Waals surface area contributed by atoms with E-state index in [4.69, 9.17) is 0 Å². The summed E-state index contributed by atoms with van der Waals surface area (Å²) in [6, 6.07) is 11.9. The molecule has 2 heterocycles. The Morgan fingerprint density at radius 1 is 0.933 bits per heavy atom. The summed E-state index contributed by atoms with van der Waals surface area (Å²) in [5.41, 5.74) is 2.12. The van der Waals surface area contributed by atoms with E-state index in [2.05, 4.69) is 20.6 Å². The molecule has 0 atom stereocenters. The first-order chi connectivity index (χ1) is 14.5. The number of pyridine rings is 1. The largest absolute Gasteiger partial charge is 0.331 e. The number of amides is 1. The Morgan fingerprint density at radius 2 is 1.70 bits per heavy atom. The molecule has 150 valence electrons. The van der Waals surface area contributed by atoms with Crippen LogP contribution in [0.5, 0.6) is 0 Å². The van der Waals surface area contributed by atoms with Gasteiger partial charge in [-0.2, -0.15) is 0 Å². The summed E-state index contributed by atoms with van der Waals surface area (Å²) in [5, 5.41) is 8.14. The van der Waals surface area contributed by atoms with Crippen LogP contribution in [0.25, 0.3) is 11.3 Å². The molecule has 0 fully saturated rings. The lowest BCUT2D eigenvalue weighted by atomic mass is 10.1. The molecule has 2 aromatic carbocycles. The van der Waals surface area contributed by atoms with Crippen LogP contribution in [0.3, 0.4) is 0 Å². The van der Waals surface area contributed by atoms with Crippen molar-refractivity contribution in [2.75, 3.05) is 10.6 Å². The highest BCUT2D eigenvalue weighted by Gasteiger charge is 2.19. The van der Waals surface area contributed by atoms with E-state index in [1.165, 1.54) is 11.3 Å². The number of hydrogen-bond acceptors (Lipinski definition) is 5. The monoisotopic (exact) mass is 426 g/mol. The van der Waals surface area contributed by atoms with Gasteiger partial charge in [-0.1, -0.05) is 6.07 Å². The van der Waals surface area contributed by atoms with Gasteiger partial charge in [0.2, 0.25) is 0 Å². The maximum Gasteiger partial charge on any atom is 0.258 e. The number of carbonyl (C=O) groups is 1. The van der Waals surface area contributed by atoms with E-state index in [1.807, 2.05) is 17.5 Å². The van der Waals surface area contributed by atoms with Crippen molar-refractivity contribution in [3.8, 4) is 11.3 Å². The molecular formula is C21H13F3N4OS. The van der Waals surface area contributed by atoms with Crippen LogP contribution in [0, 0.1) is 17.5 Å². The van der Waals surface area contributed by atoms with E-state index in [1.54, 1.807) is 36.7 Å². The molecule has 0 spiro atoms. The van der Waals surface area contributed by atoms with Gasteiger partial charge < -0.3 is 10.6 Å². The summed E-state index contributed by atoms with van der Waals surface area (Å²) in [4.78, 5) is 20.7. The van der Waals surface area contributed by atoms with Crippen molar-refractivity contribution in [2.24, 2.45) is 0 Å². The first-order valence-corrected chi connectivity index (χ1v) is 9.57. The maximum absolute atomic E-state index is 13.8. The smallest absolute Gasteiger partial charge is 0.258 e. The van der Waals surface area contributed by atoms with Crippen molar-refractivity contribution >= 4 is 33.8 Å². The second-order valence-corrected chi connectivity index (χ2v) is 7.01. The summed E-state index contributed by atoms with van der Waals surface area (Å²) in [6.07, 6.45) is 3.37. The minimum atomic E-state index is -1.69. The Labute approximate surface area is 173 Å². The fourth-order valence-electron chi connectivity index (χ4n) is 2.68. The predicted octanol–water partition coefficient (Wildman–Crippen LogP) is 5.62. The Kier molecular flexibility index (Phi) is 5.44. The van der Waals surface area contributed by atoms with Gasteiger partial charge in [0, 0.05) is 34.7 Å². The van der Waals surface area contributed by atoms with Crippen molar-refractivity contribution in [1.82, 2.24) is 9.97 Å². The molecular weight excluding hydrogens is 413 g/mol. The Balaban J connectivity index is 1.49. The van der Waals surface area contributed by atoms with E-state index >= 15 is 0 Å². The summed E-state index contributed by atoms with van der Waals surface area (Å²) in [6.45, 7) is 0. The third-order valence-corrected chi connectivity index (χ3v) is 4.89. The number of aromatic nitrogens is 2. The van der Waals surface area contributed by atoms with Crippen LogP contribution in [-0.4, -0.2) is 15.9 Å². The van der Waals surface area contributed by atoms with E-state index < -0.39 is 28.9 Å². The normalized spacial score (nSPS) is 10.6. The van der Waals surface area contributed by atoms with Crippen LogP contribution in [0.1, 0.15) is 10.4 Å². The Morgan fingerprint density at radius 3 is 2.50 bits per heavy atom. The Hall–Kier alpha value is -3.72. The van der Waals surface area contributed by atoms with Gasteiger partial charge in [0.1, 0.15) is 0 Å². The van der Waals surface area contributed by atoms with Gasteiger partial charge in [0.05, 0.1) is 11.3 Å². The quantitative estimate of drug-likeness (QED) is 0.407. The summed E-state index contributed by atoms with van der Waals surface area (Å²) in [7, 11) is 0. The van der Waals surface area contributed by atoms with E-state index in [0.29, 0.717) is 22.6 Å². The highest BCUT2D eigenvalue weighted by molar-refractivity contribution is 7.14. The van der Waals surface area contributed by atoms with Gasteiger partial charge >= 0.3 is 0 Å². The number of halogens is 3. The number of nitrogens with zero attached hydrogens (tertiary/aromatic N) is 2. The van der Waals surface area contributed by atoms with Crippen molar-refractivity contribution < 1.29 is 18.0 Å². The highest BCUT2D eigenvalue weighted by Crippen LogP contribution is 2.28. The van der Waals surface area contributed by atoms with E-state index in [-0.39, 0.29) is 0 Å². The number of carbonyl (C=O) groups excluding carboxylic acids is 1. The minimum absolute atomic E-state index is 0.347. The standard InChI is InChI=1S/C21H13F3N4OS/c22-16-5-4-15(18(23)19(16)24)20(29)26-13-2-1-3-14(10-13)27-21-28-17(11-30-21)12-6-8-25-9-7-12/h1-11H,(H,26,29)(H,27,28). The first kappa shape index (κ1) is 19.6. The van der Waals surface area contributed by atoms with Gasteiger partial charge in [0.15, 0.2) is 22.6 Å². The predicted molar refractivity (Wildman–Crippen MR) is 109 cm³/mol. The van der Waals surface area contributed by atoms with Crippen LogP contribution < -0.4 is 10.6 Å². The van der Waals surface area contributed by atoms with Gasteiger partial charge in [0.25, 0.3) is 5.91 Å². The van der Waals surface area contributed by atoms with Crippen LogP contribution in [0.2, 0.25) is 0 Å². The second-order valence-electron chi connectivity index (χ2n) is 6.16. The lowest BCUT2D eigenvalue weighted by Gasteiger charge is -2.09. The van der Waals surface area contributed by atoms with Crippen LogP contribution in [-0.2, 0) is 0 Å². The van der Waals surface area contributed by atoms with E-state index in [0.717, 1.165) is 17.3 Å². The number of nitrogens with one attached hydrogen (secondary N) is 2. The molecule has 0 unspecified atom stereocenters. The van der Waals surface area contributed by atoms with Gasteiger partial charge in [-0.15, -0.1) is 11.3 Å². The van der Waals surface area contributed by atoms with Gasteiger partial charge in [-0.25, -0.2) is 18.2 Å². The third-order valence-electron chi connectivity index (χ3n) is 4.13. The molecule has 4 rings (SSSR count). The lowest BCUT2D eigenvalue weighted by Crippen LogP contribution is -2.15. The van der Waals surface area contributed by atoms with Crippen LogP contribution >= 0.6 is 11.3 Å². The molecule has 2 aromatic heterocycles. The second kappa shape index (κ2) is 8.34. The fourth-order valence-corrected chi connectivity index (χ4v) is 3.42. The molecule has 2 N–H and O–H groups in total. The molecule has 0 bridgehead atoms. The van der Waals surface area contributed by atoms with Crippen LogP contribution in [0.4, 0.5) is 29.7 Å². The number of anilines is 3. The zero-order valence-electron chi connectivity index (χ0n) is 15.2. The molecule has 0 aliphatic carbocycles. The zero-order valence-corrected chi connectivity index (χ0v) is 16.0. The SMILES string of the molecule is O=C(Nc1cccc(Nc2nc(-c3ccncc3)cs2)c1)c1ccc(F)c(F)c1F. The molecule has 1 amide bonds. The van der Waals surface area contributed by atoms with Crippen molar-refractivity contribution in [3.63, 3.8) is 0 Å². The third kappa shape index (κ3) is 4.15. The van der Waals surface area contributed by atoms with Crippen molar-refractivity contribution in [2.45, 2.75) is 0 Å². The summed E-state index contributed by atoms with van der Waals surface area (Å²) < 4.78 is 40.3. The lowest BCUT2D eigenvalue weighted by molar-refractivity contribution is 0.102. The number of rotatable bonds is 5. The first-order valence-electron chi connectivity index (χ1n) is 8.69. The highest BCUT2D eigenvalue weighted by atomic mass is 32.1.